The number of hydrogen-bond acceptors (Lipinski definition) is 7. The zero-order valence-corrected chi connectivity index (χ0v) is 18.0. The number of hydrogen-bond donors (Lipinski definition) is 0. The smallest absolute Gasteiger partial charge is 0.277 e. The molecule has 0 unspecified atom stereocenters. The summed E-state index contributed by atoms with van der Waals surface area (Å²) in [5.74, 6) is 1.10. The Morgan fingerprint density at radius 2 is 1.61 bits per heavy atom. The van der Waals surface area contributed by atoms with E-state index in [0.717, 1.165) is 37.3 Å². The van der Waals surface area contributed by atoms with Crippen molar-refractivity contribution < 1.29 is 9.85 Å². The molecule has 0 atom stereocenters. The Kier molecular flexibility index (Phi) is 7.71. The lowest BCUT2D eigenvalue weighted by molar-refractivity contribution is -0.394. The molecule has 0 radical (unpaired) electrons. The summed E-state index contributed by atoms with van der Waals surface area (Å²) < 4.78 is 1.91. The molecule has 0 saturated heterocycles. The number of unbranched alkanes of at least 4 members (excludes halogenated alkanes) is 3. The molecule has 0 fully saturated rings. The van der Waals surface area contributed by atoms with Gasteiger partial charge in [-0.2, -0.15) is 0 Å². The third-order valence-electron chi connectivity index (χ3n) is 4.75. The first-order chi connectivity index (χ1) is 15.0. The Bertz CT molecular complexity index is 1020. The molecule has 10 heteroatoms. The Morgan fingerprint density at radius 3 is 2.23 bits per heavy atom. The van der Waals surface area contributed by atoms with Gasteiger partial charge in [-0.3, -0.25) is 20.2 Å². The van der Waals surface area contributed by atoms with Crippen molar-refractivity contribution in [1.82, 2.24) is 14.8 Å². The van der Waals surface area contributed by atoms with Crippen LogP contribution < -0.4 is 0 Å². The number of benzene rings is 2. The van der Waals surface area contributed by atoms with Crippen molar-refractivity contribution in [2.45, 2.75) is 50.1 Å². The highest BCUT2D eigenvalue weighted by Crippen LogP contribution is 2.32. The standard InChI is InChI=1S/C21H23N5O4S/c1-2-3-4-8-11-24-20(17-12-18(25(27)28)14-19(13-17)26(29)30)22-23-21(24)31-15-16-9-6-5-7-10-16/h5-7,9-10,12-14H,2-4,8,11,15H2,1H3. The quantitative estimate of drug-likeness (QED) is 0.164. The van der Waals surface area contributed by atoms with Crippen LogP contribution in [-0.4, -0.2) is 24.6 Å². The topological polar surface area (TPSA) is 117 Å². The number of nitrogens with zero attached hydrogens (tertiary/aromatic N) is 5. The molecule has 0 aliphatic carbocycles. The van der Waals surface area contributed by atoms with Crippen molar-refractivity contribution in [2.75, 3.05) is 0 Å². The SMILES string of the molecule is CCCCCCn1c(SCc2ccccc2)nnc1-c1cc([N+](=O)[O-])cc([N+](=O)[O-])c1. The third kappa shape index (κ3) is 5.88. The van der Waals surface area contributed by atoms with E-state index in [1.54, 1.807) is 0 Å². The van der Waals surface area contributed by atoms with Crippen molar-refractivity contribution in [3.63, 3.8) is 0 Å². The maximum atomic E-state index is 11.3. The highest BCUT2D eigenvalue weighted by Gasteiger charge is 2.21. The predicted octanol–water partition coefficient (Wildman–Crippen LogP) is 5.63. The molecule has 0 aliphatic heterocycles. The lowest BCUT2D eigenvalue weighted by Gasteiger charge is -2.10. The van der Waals surface area contributed by atoms with Crippen LogP contribution in [0.2, 0.25) is 0 Å². The van der Waals surface area contributed by atoms with E-state index in [9.17, 15) is 20.2 Å². The molecule has 3 aromatic rings. The minimum Gasteiger partial charge on any atom is -0.302 e. The third-order valence-corrected chi connectivity index (χ3v) is 5.78. The van der Waals surface area contributed by atoms with Gasteiger partial charge in [-0.25, -0.2) is 0 Å². The van der Waals surface area contributed by atoms with Gasteiger partial charge >= 0.3 is 0 Å². The molecule has 1 heterocycles. The molecule has 0 spiro atoms. The first-order valence-corrected chi connectivity index (χ1v) is 11.0. The van der Waals surface area contributed by atoms with Crippen LogP contribution >= 0.6 is 11.8 Å². The van der Waals surface area contributed by atoms with Crippen LogP contribution in [0.3, 0.4) is 0 Å². The Balaban J connectivity index is 1.96. The summed E-state index contributed by atoms with van der Waals surface area (Å²) in [5, 5.41) is 31.8. The molecule has 9 nitrogen and oxygen atoms in total. The second kappa shape index (κ2) is 10.7. The van der Waals surface area contributed by atoms with Crippen LogP contribution in [0.4, 0.5) is 11.4 Å². The van der Waals surface area contributed by atoms with Crippen molar-refractivity contribution in [3.8, 4) is 11.4 Å². The Hall–Kier alpha value is -3.27. The van der Waals surface area contributed by atoms with Gasteiger partial charge in [0.15, 0.2) is 11.0 Å². The molecule has 31 heavy (non-hydrogen) atoms. The fraction of sp³-hybridized carbons (Fsp3) is 0.333. The summed E-state index contributed by atoms with van der Waals surface area (Å²) >= 11 is 1.52. The van der Waals surface area contributed by atoms with Crippen LogP contribution in [0.15, 0.2) is 53.7 Å². The van der Waals surface area contributed by atoms with Gasteiger partial charge in [0.1, 0.15) is 0 Å². The van der Waals surface area contributed by atoms with Crippen LogP contribution in [-0.2, 0) is 12.3 Å². The summed E-state index contributed by atoms with van der Waals surface area (Å²) in [6, 6.07) is 13.5. The Labute approximate surface area is 183 Å². The molecule has 0 N–H and O–H groups in total. The van der Waals surface area contributed by atoms with E-state index in [0.29, 0.717) is 28.8 Å². The molecular weight excluding hydrogens is 418 g/mol. The van der Waals surface area contributed by atoms with Crippen LogP contribution in [0.1, 0.15) is 38.2 Å². The van der Waals surface area contributed by atoms with Gasteiger partial charge in [0.25, 0.3) is 11.4 Å². The minimum atomic E-state index is -0.635. The van der Waals surface area contributed by atoms with E-state index >= 15 is 0 Å². The summed E-state index contributed by atoms with van der Waals surface area (Å²) in [6.07, 6.45) is 4.13. The zero-order valence-electron chi connectivity index (χ0n) is 17.1. The van der Waals surface area contributed by atoms with Crippen molar-refractivity contribution in [2.24, 2.45) is 0 Å². The van der Waals surface area contributed by atoms with E-state index in [1.807, 2.05) is 34.9 Å². The van der Waals surface area contributed by atoms with Gasteiger partial charge in [-0.05, 0) is 12.0 Å². The number of thioether (sulfide) groups is 1. The van der Waals surface area contributed by atoms with E-state index in [2.05, 4.69) is 17.1 Å². The molecule has 0 bridgehead atoms. The van der Waals surface area contributed by atoms with E-state index in [1.165, 1.54) is 23.9 Å². The van der Waals surface area contributed by atoms with Crippen LogP contribution in [0.25, 0.3) is 11.4 Å². The maximum absolute atomic E-state index is 11.3. The molecular formula is C21H23N5O4S. The first-order valence-electron chi connectivity index (χ1n) is 10.0. The summed E-state index contributed by atoms with van der Waals surface area (Å²) in [4.78, 5) is 21.3. The number of nitro benzene ring substituents is 2. The number of non-ortho nitro benzene ring substituents is 2. The summed E-state index contributed by atoms with van der Waals surface area (Å²) in [5.41, 5.74) is 0.766. The molecule has 0 aliphatic rings. The highest BCUT2D eigenvalue weighted by molar-refractivity contribution is 7.98. The largest absolute Gasteiger partial charge is 0.302 e. The first kappa shape index (κ1) is 22.4. The normalized spacial score (nSPS) is 10.9. The second-order valence-electron chi connectivity index (χ2n) is 7.05. The number of rotatable bonds is 11. The minimum absolute atomic E-state index is 0.315. The van der Waals surface area contributed by atoms with Gasteiger partial charge in [-0.1, -0.05) is 68.3 Å². The monoisotopic (exact) mass is 441 g/mol. The predicted molar refractivity (Wildman–Crippen MR) is 119 cm³/mol. The van der Waals surface area contributed by atoms with Gasteiger partial charge in [0, 0.05) is 30.0 Å². The molecule has 1 aromatic heterocycles. The van der Waals surface area contributed by atoms with E-state index < -0.39 is 9.85 Å². The van der Waals surface area contributed by atoms with Gasteiger partial charge in [0.2, 0.25) is 0 Å². The Morgan fingerprint density at radius 1 is 0.935 bits per heavy atom. The van der Waals surface area contributed by atoms with Gasteiger partial charge < -0.3 is 4.57 Å². The molecule has 3 rings (SSSR count). The highest BCUT2D eigenvalue weighted by atomic mass is 32.2. The number of nitro groups is 2. The average molecular weight is 442 g/mol. The molecule has 0 amide bonds. The van der Waals surface area contributed by atoms with Crippen LogP contribution in [0.5, 0.6) is 0 Å². The molecule has 2 aromatic carbocycles. The van der Waals surface area contributed by atoms with Crippen LogP contribution in [0, 0.1) is 20.2 Å². The zero-order chi connectivity index (χ0) is 22.2. The fourth-order valence-electron chi connectivity index (χ4n) is 3.16. The molecule has 162 valence electrons. The second-order valence-corrected chi connectivity index (χ2v) is 7.99. The lowest BCUT2D eigenvalue weighted by Crippen LogP contribution is -2.04. The number of aromatic nitrogens is 3. The molecule has 0 saturated carbocycles. The van der Waals surface area contributed by atoms with Crippen molar-refractivity contribution >= 4 is 23.1 Å². The maximum Gasteiger partial charge on any atom is 0.277 e. The van der Waals surface area contributed by atoms with Crippen molar-refractivity contribution in [3.05, 3.63) is 74.3 Å². The lowest BCUT2D eigenvalue weighted by atomic mass is 10.1. The average Bonchev–Trinajstić information content (AvgIpc) is 3.18. The summed E-state index contributed by atoms with van der Waals surface area (Å²) in [6.45, 7) is 2.77. The van der Waals surface area contributed by atoms with Crippen molar-refractivity contribution in [1.29, 1.82) is 0 Å². The van der Waals surface area contributed by atoms with Gasteiger partial charge in [0.05, 0.1) is 15.9 Å². The fourth-order valence-corrected chi connectivity index (χ4v) is 4.08. The van der Waals surface area contributed by atoms with E-state index in [4.69, 9.17) is 0 Å². The summed E-state index contributed by atoms with van der Waals surface area (Å²) in [7, 11) is 0. The van der Waals surface area contributed by atoms with Gasteiger partial charge in [-0.15, -0.1) is 10.2 Å². The van der Waals surface area contributed by atoms with E-state index in [-0.39, 0.29) is 11.4 Å².